The summed E-state index contributed by atoms with van der Waals surface area (Å²) in [6, 6.07) is 6.04. The zero-order valence-corrected chi connectivity index (χ0v) is 14.8. The molecule has 0 atom stereocenters. The quantitative estimate of drug-likeness (QED) is 0.736. The molecular weight excluding hydrogens is 348 g/mol. The maximum Gasteiger partial charge on any atom is 0.308 e. The van der Waals surface area contributed by atoms with Gasteiger partial charge in [-0.3, -0.25) is 4.79 Å². The first-order valence-electron chi connectivity index (χ1n) is 8.02. The van der Waals surface area contributed by atoms with Gasteiger partial charge < -0.3 is 9.15 Å². The molecule has 0 amide bonds. The summed E-state index contributed by atoms with van der Waals surface area (Å²) in [4.78, 5) is 11.4. The van der Waals surface area contributed by atoms with Crippen LogP contribution in [0.1, 0.15) is 37.2 Å². The Hall–Kier alpha value is -1.53. The lowest BCUT2D eigenvalue weighted by Gasteiger charge is -2.31. The molecule has 0 radical (unpaired) electrons. The van der Waals surface area contributed by atoms with E-state index in [1.807, 2.05) is 12.1 Å². The monoisotopic (exact) mass is 364 g/mol. The third-order valence-electron chi connectivity index (χ3n) is 4.58. The molecule has 7 heteroatoms. The summed E-state index contributed by atoms with van der Waals surface area (Å²) in [6.45, 7) is 0. The predicted molar refractivity (Wildman–Crippen MR) is 91.1 cm³/mol. The summed E-state index contributed by atoms with van der Waals surface area (Å²) in [6.07, 6.45) is 4.05. The number of halogens is 1. The van der Waals surface area contributed by atoms with Crippen molar-refractivity contribution in [3.05, 3.63) is 28.8 Å². The summed E-state index contributed by atoms with van der Waals surface area (Å²) in [5.41, 5.74) is 2.04. The van der Waals surface area contributed by atoms with Crippen LogP contribution in [0.3, 0.4) is 0 Å². The van der Waals surface area contributed by atoms with Crippen LogP contribution < -0.4 is 0 Å². The Labute approximate surface area is 149 Å². The van der Waals surface area contributed by atoms with Crippen molar-refractivity contribution in [2.24, 2.45) is 5.92 Å². The summed E-state index contributed by atoms with van der Waals surface area (Å²) in [5.74, 6) is 0.959. The normalized spacial score (nSPS) is 22.9. The van der Waals surface area contributed by atoms with Gasteiger partial charge in [-0.25, -0.2) is 0 Å². The summed E-state index contributed by atoms with van der Waals surface area (Å²) in [7, 11) is 1.42. The van der Waals surface area contributed by atoms with E-state index in [1.54, 1.807) is 0 Å². The highest BCUT2D eigenvalue weighted by Gasteiger charge is 2.37. The van der Waals surface area contributed by atoms with Gasteiger partial charge in [-0.15, -0.1) is 10.2 Å². The number of rotatable bonds is 5. The number of methoxy groups -OCH3 is 1. The minimum atomic E-state index is -0.138. The van der Waals surface area contributed by atoms with Gasteiger partial charge in [0.05, 0.1) is 23.6 Å². The maximum absolute atomic E-state index is 11.4. The minimum absolute atomic E-state index is 0.000644. The molecule has 126 valence electrons. The smallest absolute Gasteiger partial charge is 0.308 e. The Morgan fingerprint density at radius 3 is 2.79 bits per heavy atom. The highest BCUT2D eigenvalue weighted by Crippen LogP contribution is 2.43. The van der Waals surface area contributed by atoms with E-state index < -0.39 is 0 Å². The maximum atomic E-state index is 11.4. The Balaban J connectivity index is 1.41. The van der Waals surface area contributed by atoms with Crippen molar-refractivity contribution >= 4 is 29.3 Å². The van der Waals surface area contributed by atoms with Gasteiger partial charge in [-0.05, 0) is 49.3 Å². The molecule has 0 N–H and O–H groups in total. The van der Waals surface area contributed by atoms with E-state index in [9.17, 15) is 4.79 Å². The van der Waals surface area contributed by atoms with E-state index in [0.717, 1.165) is 18.4 Å². The molecule has 0 unspecified atom stereocenters. The third-order valence-corrected chi connectivity index (χ3v) is 5.97. The first kappa shape index (κ1) is 16.0. The second-order valence-corrected chi connectivity index (χ2v) is 7.98. The molecule has 1 aromatic heterocycles. The van der Waals surface area contributed by atoms with Gasteiger partial charge in [0.2, 0.25) is 5.89 Å². The number of esters is 1. The predicted octanol–water partition coefficient (Wildman–Crippen LogP) is 4.31. The topological polar surface area (TPSA) is 65.2 Å². The SMILES string of the molecule is COC(=O)C1CC(Sc2nnc(-c3ccc(C4CC4)cc3Cl)o2)C1. The van der Waals surface area contributed by atoms with E-state index in [2.05, 4.69) is 16.3 Å². The molecule has 0 bridgehead atoms. The summed E-state index contributed by atoms with van der Waals surface area (Å²) in [5, 5.41) is 9.67. The number of benzene rings is 1. The molecule has 1 heterocycles. The van der Waals surface area contributed by atoms with Crippen molar-refractivity contribution in [3.63, 3.8) is 0 Å². The van der Waals surface area contributed by atoms with Crippen LogP contribution in [-0.2, 0) is 9.53 Å². The van der Waals surface area contributed by atoms with Crippen LogP contribution in [0, 0.1) is 5.92 Å². The second-order valence-electron chi connectivity index (χ2n) is 6.32. The lowest BCUT2D eigenvalue weighted by molar-refractivity contribution is -0.148. The van der Waals surface area contributed by atoms with Crippen molar-refractivity contribution in [2.45, 2.75) is 42.1 Å². The van der Waals surface area contributed by atoms with Crippen molar-refractivity contribution in [3.8, 4) is 11.5 Å². The van der Waals surface area contributed by atoms with Crippen LogP contribution >= 0.6 is 23.4 Å². The summed E-state index contributed by atoms with van der Waals surface area (Å²) < 4.78 is 10.5. The molecule has 4 rings (SSSR count). The van der Waals surface area contributed by atoms with E-state index in [0.29, 0.717) is 27.3 Å². The fourth-order valence-electron chi connectivity index (χ4n) is 2.91. The number of carbonyl (C=O) groups excluding carboxylic acids is 1. The first-order valence-corrected chi connectivity index (χ1v) is 9.27. The van der Waals surface area contributed by atoms with Gasteiger partial charge in [0.25, 0.3) is 5.22 Å². The van der Waals surface area contributed by atoms with Crippen LogP contribution in [0.2, 0.25) is 5.02 Å². The van der Waals surface area contributed by atoms with Gasteiger partial charge in [-0.2, -0.15) is 0 Å². The lowest BCUT2D eigenvalue weighted by Crippen LogP contribution is -2.33. The highest BCUT2D eigenvalue weighted by molar-refractivity contribution is 7.99. The molecule has 0 saturated heterocycles. The highest BCUT2D eigenvalue weighted by atomic mass is 35.5. The molecular formula is C17H17ClN2O3S. The molecule has 1 aromatic carbocycles. The minimum Gasteiger partial charge on any atom is -0.469 e. The van der Waals surface area contributed by atoms with Gasteiger partial charge in [0.15, 0.2) is 0 Å². The molecule has 5 nitrogen and oxygen atoms in total. The number of aromatic nitrogens is 2. The molecule has 2 aliphatic rings. The zero-order valence-electron chi connectivity index (χ0n) is 13.2. The van der Waals surface area contributed by atoms with Crippen molar-refractivity contribution < 1.29 is 13.9 Å². The van der Waals surface area contributed by atoms with Crippen LogP contribution in [-0.4, -0.2) is 28.5 Å². The standard InChI is InChI=1S/C17H17ClN2O3S/c1-22-16(21)11-6-12(7-11)24-17-20-19-15(23-17)13-5-4-10(8-14(13)18)9-2-3-9/h4-5,8-9,11-12H,2-3,6-7H2,1H3. The molecule has 0 aliphatic heterocycles. The number of hydrogen-bond donors (Lipinski definition) is 0. The van der Waals surface area contributed by atoms with Crippen molar-refractivity contribution in [1.82, 2.24) is 10.2 Å². The number of ether oxygens (including phenoxy) is 1. The van der Waals surface area contributed by atoms with Gasteiger partial charge in [-0.1, -0.05) is 29.4 Å². The third kappa shape index (κ3) is 3.17. The van der Waals surface area contributed by atoms with Crippen LogP contribution in [0.5, 0.6) is 0 Å². The van der Waals surface area contributed by atoms with Gasteiger partial charge in [0, 0.05) is 5.25 Å². The Morgan fingerprint density at radius 1 is 1.33 bits per heavy atom. The first-order chi connectivity index (χ1) is 11.6. The number of nitrogens with zero attached hydrogens (tertiary/aromatic N) is 2. The average molecular weight is 365 g/mol. The number of hydrogen-bond acceptors (Lipinski definition) is 6. The molecule has 24 heavy (non-hydrogen) atoms. The average Bonchev–Trinajstić information content (AvgIpc) is 3.29. The zero-order chi connectivity index (χ0) is 16.7. The van der Waals surface area contributed by atoms with Crippen LogP contribution in [0.4, 0.5) is 0 Å². The number of thioether (sulfide) groups is 1. The van der Waals surface area contributed by atoms with Gasteiger partial charge >= 0.3 is 5.97 Å². The largest absolute Gasteiger partial charge is 0.469 e. The van der Waals surface area contributed by atoms with Crippen molar-refractivity contribution in [2.75, 3.05) is 7.11 Å². The molecule has 2 saturated carbocycles. The Kier molecular flexibility index (Phi) is 4.26. The fraction of sp³-hybridized carbons (Fsp3) is 0.471. The molecule has 0 spiro atoms. The Bertz CT molecular complexity index is 769. The van der Waals surface area contributed by atoms with Crippen LogP contribution in [0.25, 0.3) is 11.5 Å². The molecule has 2 fully saturated rings. The fourth-order valence-corrected chi connectivity index (χ4v) is 4.33. The summed E-state index contributed by atoms with van der Waals surface area (Å²) >= 11 is 7.88. The number of carbonyl (C=O) groups is 1. The van der Waals surface area contributed by atoms with E-state index in [1.165, 1.54) is 37.3 Å². The van der Waals surface area contributed by atoms with E-state index in [-0.39, 0.29) is 11.9 Å². The Morgan fingerprint density at radius 2 is 2.12 bits per heavy atom. The van der Waals surface area contributed by atoms with Gasteiger partial charge in [0.1, 0.15) is 0 Å². The molecule has 2 aromatic rings. The van der Waals surface area contributed by atoms with E-state index >= 15 is 0 Å². The lowest BCUT2D eigenvalue weighted by atomic mass is 9.85. The van der Waals surface area contributed by atoms with Crippen molar-refractivity contribution in [1.29, 1.82) is 0 Å². The van der Waals surface area contributed by atoms with Crippen LogP contribution in [0.15, 0.2) is 27.8 Å². The second kappa shape index (κ2) is 6.41. The van der Waals surface area contributed by atoms with E-state index in [4.69, 9.17) is 20.8 Å². The molecule has 2 aliphatic carbocycles.